The second-order valence-corrected chi connectivity index (χ2v) is 31.5. The predicted molar refractivity (Wildman–Crippen MR) is 412 cm³/mol. The molecule has 0 saturated heterocycles. The average Bonchev–Trinajstić information content (AvgIpc) is 1.68. The summed E-state index contributed by atoms with van der Waals surface area (Å²) in [4.78, 5) is 130. The molecule has 2 heterocycles. The van der Waals surface area contributed by atoms with E-state index in [0.717, 1.165) is 156 Å². The molecule has 115 heavy (non-hydrogen) atoms. The third-order valence-electron chi connectivity index (χ3n) is 15.9. The number of aryl methyl sites for hydroxylation is 2. The summed E-state index contributed by atoms with van der Waals surface area (Å²) in [7, 11) is -7.70. The summed E-state index contributed by atoms with van der Waals surface area (Å²) in [5.74, 6) is -5.28. The maximum atomic E-state index is 13.0. The van der Waals surface area contributed by atoms with E-state index in [2.05, 4.69) is 76.0 Å². The number of unbranched alkanes of at least 4 members (excludes halogenated alkanes) is 14. The van der Waals surface area contributed by atoms with Crippen molar-refractivity contribution < 1.29 is 151 Å². The molecule has 6 aromatic rings. The van der Waals surface area contributed by atoms with Gasteiger partial charge in [-0.05, 0) is 107 Å². The number of thioether (sulfide) groups is 1. The molecule has 0 aliphatic heterocycles. The van der Waals surface area contributed by atoms with Crippen molar-refractivity contribution in [2.24, 2.45) is 10.3 Å². The molecule has 621 valence electrons. The Morgan fingerprint density at radius 3 is 1.08 bits per heavy atom. The van der Waals surface area contributed by atoms with Crippen LogP contribution in [-0.4, -0.2) is 178 Å². The van der Waals surface area contributed by atoms with Crippen LogP contribution in [0.1, 0.15) is 142 Å². The van der Waals surface area contributed by atoms with Crippen LogP contribution in [0.5, 0.6) is 0 Å². The zero-order valence-electron chi connectivity index (χ0n) is 64.0. The van der Waals surface area contributed by atoms with E-state index < -0.39 is 90.0 Å². The van der Waals surface area contributed by atoms with E-state index in [-0.39, 0.29) is 111 Å². The third-order valence-corrected chi connectivity index (χ3v) is 18.8. The summed E-state index contributed by atoms with van der Waals surface area (Å²) in [6, 6.07) is 31.1. The summed E-state index contributed by atoms with van der Waals surface area (Å²) < 4.78 is 92.8. The van der Waals surface area contributed by atoms with Crippen molar-refractivity contribution in [3.8, 4) is 33.9 Å². The van der Waals surface area contributed by atoms with Crippen molar-refractivity contribution in [2.75, 3.05) is 77.0 Å². The molecule has 43 heteroatoms. The Kier molecular flexibility index (Phi) is 50.1. The number of rotatable bonds is 45. The van der Waals surface area contributed by atoms with Crippen molar-refractivity contribution in [3.63, 3.8) is 0 Å². The second kappa shape index (κ2) is 56.1. The molecular weight excluding hydrogens is 1760 g/mol. The summed E-state index contributed by atoms with van der Waals surface area (Å²) in [5, 5.41) is 48.3. The predicted octanol–water partition coefficient (Wildman–Crippen LogP) is 1.13. The number of nitrogens with one attached hydrogen (secondary N) is 7. The summed E-state index contributed by atoms with van der Waals surface area (Å²) in [5.41, 5.74) is 6.91. The molecule has 0 atom stereocenters. The molecule has 0 spiro atoms. The number of sulfonamides is 2. The molecule has 0 aliphatic carbocycles. The molecule has 0 aliphatic rings. The molecular formula is C72H94N16NaO20S4Tc2. The SMILES string of the molecule is CC(=O)SCC(=O)NCC(=O)NCC(=O)NCC(=O)NCCCCCCCCCCNC(=O)c1cc(-c2ccc(C)cc2)n(-c2ccc(S(N)(=O)=O)cc2)n1.Cc1ccc(-c2cc(C(=O)NCCCCCCCCCCNC(=O)C[N-]C(=O)C[N-]C(=O)C[N-]C(=O)C[S-])nn2-c2ccc(S(N)(=O)=O)cc2)cc1.[Na+].[O]=[99Tc+4].[O]=[Tc](=[O])(=[O])[O-]. The fourth-order valence-corrected chi connectivity index (χ4v) is 11.6. The van der Waals surface area contributed by atoms with Crippen LogP contribution in [0.2, 0.25) is 0 Å². The number of nitrogens with two attached hydrogens (primary N) is 2. The molecule has 0 fully saturated rings. The third kappa shape index (κ3) is 45.1. The number of aromatic nitrogens is 4. The number of primary sulfonamides is 2. The molecule has 0 saturated carbocycles. The molecule has 2 aromatic heterocycles. The van der Waals surface area contributed by atoms with Crippen LogP contribution in [-0.2, 0) is 124 Å². The first-order valence-electron chi connectivity index (χ1n) is 35.7. The normalized spacial score (nSPS) is 10.8. The van der Waals surface area contributed by atoms with Gasteiger partial charge in [-0.2, -0.15) is 10.2 Å². The first-order valence-corrected chi connectivity index (χ1v) is 44.1. The van der Waals surface area contributed by atoms with Crippen molar-refractivity contribution in [3.05, 3.63) is 148 Å². The van der Waals surface area contributed by atoms with Gasteiger partial charge in [0.1, 0.15) is 0 Å². The summed E-state index contributed by atoms with van der Waals surface area (Å²) >= 11 is 0.289. The fourth-order valence-electron chi connectivity index (χ4n) is 10.1. The van der Waals surface area contributed by atoms with Crippen LogP contribution in [0.15, 0.2) is 119 Å². The van der Waals surface area contributed by atoms with Crippen molar-refractivity contribution >= 4 is 109 Å². The number of hydrogen-bond acceptors (Lipinski definition) is 24. The maximum absolute atomic E-state index is 13.0. The van der Waals surface area contributed by atoms with Gasteiger partial charge in [0.25, 0.3) is 11.8 Å². The van der Waals surface area contributed by atoms with Crippen molar-refractivity contribution in [2.45, 2.75) is 133 Å². The second-order valence-electron chi connectivity index (χ2n) is 25.1. The minimum absolute atomic E-state index is 0. The van der Waals surface area contributed by atoms with Gasteiger partial charge in [0.15, 0.2) is 16.5 Å². The Morgan fingerprint density at radius 1 is 0.452 bits per heavy atom. The molecule has 0 bridgehead atoms. The van der Waals surface area contributed by atoms with Crippen LogP contribution in [0.25, 0.3) is 49.8 Å². The van der Waals surface area contributed by atoms with Crippen LogP contribution in [0.3, 0.4) is 0 Å². The van der Waals surface area contributed by atoms with Crippen LogP contribution in [0.4, 0.5) is 0 Å². The van der Waals surface area contributed by atoms with Gasteiger partial charge in [-0.1, -0.05) is 162 Å². The number of nitrogens with zero attached hydrogens (tertiary/aromatic N) is 7. The number of carbonyl (C=O) groups excluding carboxylic acids is 11. The molecule has 6 rings (SSSR count). The fraction of sp³-hybridized carbons (Fsp3) is 0.431. The zero-order valence-corrected chi connectivity index (χ0v) is 73.0. The molecule has 11 N–H and O–H groups in total. The van der Waals surface area contributed by atoms with E-state index in [1.165, 1.54) is 31.2 Å². The molecule has 0 unspecified atom stereocenters. The number of benzene rings is 4. The Labute approximate surface area is 712 Å². The van der Waals surface area contributed by atoms with Gasteiger partial charge >= 0.3 is 81.8 Å². The standard InChI is InChI=1S/C37H50N8O8S2.C35H48N8O7S2.Na.5O.2Tc/c1-26-11-13-28(14-12-26)32-21-31(44-45(32)29-15-17-30(18-16-29)55(38,52)53)37(51)40-20-10-8-6-4-3-5-7-9-19-39-33(47)22-41-34(48)23-42-35(49)24-43-36(50)25-54-27(2)46;1-25-10-12-26(13-11-25)30-20-29(42-43(30)27-14-16-28(17-15-27)52(36,49)50)35(48)38-19-9-7-5-3-2-4-6-8-18-37-31(44)21-39-32(45)22-40-33(46)23-41-34(47)24-51;;;;;;;;/h11-18,21H,3-10,19-20,22-25H2,1-2H3,(H,39,47)(H,40,51)(H,41,48)(H,42,49)(H,43,50)(H2,38,52,53);10-17,20H,2-9,18-19,21-24H2,1H3,(H8,36,37,38,39,40,41,44,45,46,47,48,49,50,51);;;;;;;;/q;;+1;;;;;-1;+4;/p-4/i;;;;;;;;1+1;. The number of amides is 10. The Hall–Kier alpha value is -8.35. The summed E-state index contributed by atoms with van der Waals surface area (Å²) in [6.45, 7) is 5.06. The Balaban J connectivity index is 0.000000716. The van der Waals surface area contributed by atoms with Gasteiger partial charge in [-0.15, -0.1) is 5.75 Å². The van der Waals surface area contributed by atoms with E-state index in [4.69, 9.17) is 28.2 Å². The number of hydrogen-bond donors (Lipinski definition) is 9. The van der Waals surface area contributed by atoms with Gasteiger partial charge in [0.05, 0.1) is 57.9 Å². The van der Waals surface area contributed by atoms with Crippen molar-refractivity contribution in [1.82, 2.24) is 56.8 Å². The first-order chi connectivity index (χ1) is 54.1. The van der Waals surface area contributed by atoms with Crippen LogP contribution < -0.4 is 80.9 Å². The quantitative estimate of drug-likeness (QED) is 0.0147. The molecule has 4 aromatic carbocycles. The molecule has 10 amide bonds. The topological polar surface area (TPSA) is 562 Å². The van der Waals surface area contributed by atoms with Gasteiger partial charge < -0.3 is 80.2 Å². The monoisotopic (exact) mass is 1850 g/mol. The van der Waals surface area contributed by atoms with Gasteiger partial charge in [-0.25, -0.2) is 36.5 Å². The van der Waals surface area contributed by atoms with E-state index in [1.807, 2.05) is 62.4 Å². The number of carbonyl (C=O) groups is 11. The Bertz CT molecular complexity index is 4570. The van der Waals surface area contributed by atoms with E-state index in [0.29, 0.717) is 48.9 Å². The minimum atomic E-state index is -5.94. The molecule has 0 radical (unpaired) electrons. The van der Waals surface area contributed by atoms with Gasteiger partial charge in [-0.3, -0.25) is 38.4 Å². The van der Waals surface area contributed by atoms with Gasteiger partial charge in [0, 0.05) is 62.0 Å². The Morgan fingerprint density at radius 2 is 0.748 bits per heavy atom. The van der Waals surface area contributed by atoms with E-state index in [9.17, 15) is 69.6 Å². The first kappa shape index (κ1) is 103. The van der Waals surface area contributed by atoms with Crippen LogP contribution >= 0.6 is 11.8 Å². The van der Waals surface area contributed by atoms with Crippen molar-refractivity contribution in [1.29, 1.82) is 0 Å². The zero-order chi connectivity index (χ0) is 84.7. The molecule has 36 nitrogen and oxygen atoms in total. The van der Waals surface area contributed by atoms with Gasteiger partial charge in [0.2, 0.25) is 49.6 Å². The van der Waals surface area contributed by atoms with E-state index in [1.54, 1.807) is 45.8 Å². The van der Waals surface area contributed by atoms with E-state index >= 15 is 0 Å². The van der Waals surface area contributed by atoms with Crippen LogP contribution in [0, 0.1) is 13.8 Å². The average molecular weight is 1850 g/mol. The summed E-state index contributed by atoms with van der Waals surface area (Å²) in [6.07, 6.45) is 15.4.